The van der Waals surface area contributed by atoms with Crippen LogP contribution in [0.1, 0.15) is 12.5 Å². The Labute approximate surface area is 104 Å². The monoisotopic (exact) mass is 254 g/mol. The van der Waals surface area contributed by atoms with Gasteiger partial charge >= 0.3 is 12.2 Å². The highest BCUT2D eigenvalue weighted by Crippen LogP contribution is 2.24. The number of rotatable bonds is 3. The van der Waals surface area contributed by atoms with E-state index in [0.717, 1.165) is 5.56 Å². The quantitative estimate of drug-likeness (QED) is 0.716. The van der Waals surface area contributed by atoms with Gasteiger partial charge in [0.2, 0.25) is 0 Å². The van der Waals surface area contributed by atoms with E-state index in [1.165, 1.54) is 13.2 Å². The highest BCUT2D eigenvalue weighted by atomic mass is 16.5. The molecule has 0 spiro atoms. The summed E-state index contributed by atoms with van der Waals surface area (Å²) in [4.78, 5) is 21.5. The van der Waals surface area contributed by atoms with Gasteiger partial charge in [0.1, 0.15) is 5.75 Å². The lowest BCUT2D eigenvalue weighted by Crippen LogP contribution is -2.45. The Morgan fingerprint density at radius 3 is 2.50 bits per heavy atom. The summed E-state index contributed by atoms with van der Waals surface area (Å²) in [6.07, 6.45) is -2.23. The normalized spacial score (nSPS) is 9.67. The molecule has 98 valence electrons. The number of hydrogen-bond donors (Lipinski definition) is 3. The van der Waals surface area contributed by atoms with Crippen LogP contribution >= 0.6 is 0 Å². The van der Waals surface area contributed by atoms with Crippen molar-refractivity contribution in [3.63, 3.8) is 0 Å². The minimum atomic E-state index is -1.45. The van der Waals surface area contributed by atoms with Crippen molar-refractivity contribution >= 4 is 17.9 Å². The van der Waals surface area contributed by atoms with Crippen molar-refractivity contribution in [2.45, 2.75) is 13.3 Å². The van der Waals surface area contributed by atoms with Gasteiger partial charge in [0.15, 0.2) is 0 Å². The Kier molecular flexibility index (Phi) is 4.36. The Bertz CT molecular complexity index is 461. The SMILES string of the molecule is CCc1cc(N(NC(=O)O)C(=O)O)ccc1OC. The van der Waals surface area contributed by atoms with Crippen LogP contribution < -0.4 is 15.2 Å². The van der Waals surface area contributed by atoms with Crippen LogP contribution in [0.2, 0.25) is 0 Å². The molecule has 3 N–H and O–H groups in total. The first-order chi connectivity index (χ1) is 8.49. The first-order valence-electron chi connectivity index (χ1n) is 5.19. The topological polar surface area (TPSA) is 99.1 Å². The van der Waals surface area contributed by atoms with Gasteiger partial charge < -0.3 is 14.9 Å². The molecule has 7 nitrogen and oxygen atoms in total. The molecule has 1 rings (SSSR count). The molecule has 0 atom stereocenters. The fraction of sp³-hybridized carbons (Fsp3) is 0.273. The number of ether oxygens (including phenoxy) is 1. The average Bonchev–Trinajstić information content (AvgIpc) is 2.34. The molecule has 0 unspecified atom stereocenters. The third-order valence-electron chi connectivity index (χ3n) is 2.30. The summed E-state index contributed by atoms with van der Waals surface area (Å²) in [7, 11) is 1.51. The van der Waals surface area contributed by atoms with Crippen LogP contribution in [0, 0.1) is 0 Å². The Morgan fingerprint density at radius 2 is 2.06 bits per heavy atom. The molecule has 18 heavy (non-hydrogen) atoms. The van der Waals surface area contributed by atoms with Crippen molar-refractivity contribution in [1.82, 2.24) is 5.43 Å². The zero-order valence-corrected chi connectivity index (χ0v) is 10.0. The van der Waals surface area contributed by atoms with E-state index in [9.17, 15) is 9.59 Å². The van der Waals surface area contributed by atoms with E-state index in [1.807, 2.05) is 6.92 Å². The number of hydrogen-bond acceptors (Lipinski definition) is 3. The number of anilines is 1. The number of methoxy groups -OCH3 is 1. The van der Waals surface area contributed by atoms with Gasteiger partial charge in [-0.1, -0.05) is 6.92 Å². The van der Waals surface area contributed by atoms with Gasteiger partial charge in [0, 0.05) is 0 Å². The summed E-state index contributed by atoms with van der Waals surface area (Å²) in [5, 5.41) is 18.0. The number of nitrogens with one attached hydrogen (secondary N) is 1. The summed E-state index contributed by atoms with van der Waals surface area (Å²) in [5.41, 5.74) is 2.79. The van der Waals surface area contributed by atoms with Crippen molar-refractivity contribution in [3.8, 4) is 5.75 Å². The molecular weight excluding hydrogens is 240 g/mol. The maximum atomic E-state index is 11.0. The van der Waals surface area contributed by atoms with E-state index >= 15 is 0 Å². The molecule has 0 bridgehead atoms. The second-order valence-corrected chi connectivity index (χ2v) is 3.38. The van der Waals surface area contributed by atoms with Crippen LogP contribution in [0.4, 0.5) is 15.3 Å². The van der Waals surface area contributed by atoms with Crippen LogP contribution in [0.25, 0.3) is 0 Å². The third kappa shape index (κ3) is 3.03. The van der Waals surface area contributed by atoms with Gasteiger partial charge in [-0.05, 0) is 30.2 Å². The molecular formula is C11H14N2O5. The minimum Gasteiger partial charge on any atom is -0.496 e. The van der Waals surface area contributed by atoms with E-state index in [0.29, 0.717) is 17.2 Å². The van der Waals surface area contributed by atoms with Crippen LogP contribution in [0.5, 0.6) is 5.75 Å². The summed E-state index contributed by atoms with van der Waals surface area (Å²) < 4.78 is 5.11. The van der Waals surface area contributed by atoms with Gasteiger partial charge in [0.25, 0.3) is 0 Å². The van der Waals surface area contributed by atoms with Crippen molar-refractivity contribution in [2.24, 2.45) is 0 Å². The predicted molar refractivity (Wildman–Crippen MR) is 64.0 cm³/mol. The number of amides is 2. The first kappa shape index (κ1) is 13.6. The molecule has 1 aromatic rings. The van der Waals surface area contributed by atoms with Crippen molar-refractivity contribution in [3.05, 3.63) is 23.8 Å². The zero-order chi connectivity index (χ0) is 13.7. The average molecular weight is 254 g/mol. The highest BCUT2D eigenvalue weighted by Gasteiger charge is 2.18. The number of carbonyl (C=O) groups is 2. The lowest BCUT2D eigenvalue weighted by atomic mass is 10.1. The number of carboxylic acid groups (broad SMARTS) is 2. The highest BCUT2D eigenvalue weighted by molar-refractivity contribution is 5.89. The first-order valence-corrected chi connectivity index (χ1v) is 5.19. The fourth-order valence-corrected chi connectivity index (χ4v) is 1.50. The van der Waals surface area contributed by atoms with Gasteiger partial charge in [-0.2, -0.15) is 5.01 Å². The maximum Gasteiger partial charge on any atom is 0.431 e. The Hall–Kier alpha value is -2.44. The second kappa shape index (κ2) is 5.76. The smallest absolute Gasteiger partial charge is 0.431 e. The maximum absolute atomic E-state index is 11.0. The van der Waals surface area contributed by atoms with E-state index in [4.69, 9.17) is 14.9 Å². The number of aryl methyl sites for hydroxylation is 1. The van der Waals surface area contributed by atoms with Crippen molar-refractivity contribution in [2.75, 3.05) is 12.1 Å². The minimum absolute atomic E-state index is 0.211. The largest absolute Gasteiger partial charge is 0.496 e. The van der Waals surface area contributed by atoms with Gasteiger partial charge in [-0.3, -0.25) is 0 Å². The third-order valence-corrected chi connectivity index (χ3v) is 2.30. The number of hydrazine groups is 1. The molecule has 1 aromatic carbocycles. The van der Waals surface area contributed by atoms with Gasteiger partial charge in [0.05, 0.1) is 12.8 Å². The Balaban J connectivity index is 3.13. The van der Waals surface area contributed by atoms with Crippen LogP contribution in [-0.4, -0.2) is 29.5 Å². The molecule has 0 aromatic heterocycles. The molecule has 0 heterocycles. The van der Waals surface area contributed by atoms with Crippen LogP contribution in [0.3, 0.4) is 0 Å². The molecule has 0 aliphatic carbocycles. The standard InChI is InChI=1S/C11H14N2O5/c1-3-7-6-8(4-5-9(7)18-2)13(11(16)17)12-10(14)15/h4-6,12H,3H2,1-2H3,(H,14,15)(H,16,17). The van der Waals surface area contributed by atoms with E-state index in [-0.39, 0.29) is 5.69 Å². The summed E-state index contributed by atoms with van der Waals surface area (Å²) in [6, 6.07) is 4.61. The molecule has 0 aliphatic rings. The Morgan fingerprint density at radius 1 is 1.39 bits per heavy atom. The predicted octanol–water partition coefficient (Wildman–Crippen LogP) is 1.92. The molecule has 2 amide bonds. The molecule has 7 heteroatoms. The van der Waals surface area contributed by atoms with Gasteiger partial charge in [-0.25, -0.2) is 15.0 Å². The zero-order valence-electron chi connectivity index (χ0n) is 10.0. The van der Waals surface area contributed by atoms with Crippen molar-refractivity contribution < 1.29 is 24.5 Å². The number of nitrogens with zero attached hydrogens (tertiary/aromatic N) is 1. The van der Waals surface area contributed by atoms with Crippen LogP contribution in [0.15, 0.2) is 18.2 Å². The number of benzene rings is 1. The molecule has 0 saturated heterocycles. The summed E-state index contributed by atoms with van der Waals surface area (Å²) in [6.45, 7) is 1.89. The van der Waals surface area contributed by atoms with Crippen LogP contribution in [-0.2, 0) is 6.42 Å². The fourth-order valence-electron chi connectivity index (χ4n) is 1.50. The molecule has 0 aliphatic heterocycles. The molecule has 0 fully saturated rings. The summed E-state index contributed by atoms with van der Waals surface area (Å²) in [5.74, 6) is 0.627. The molecule has 0 saturated carbocycles. The van der Waals surface area contributed by atoms with E-state index in [2.05, 4.69) is 0 Å². The lowest BCUT2D eigenvalue weighted by Gasteiger charge is -2.19. The van der Waals surface area contributed by atoms with Gasteiger partial charge in [-0.15, -0.1) is 0 Å². The van der Waals surface area contributed by atoms with E-state index in [1.54, 1.807) is 17.6 Å². The summed E-state index contributed by atoms with van der Waals surface area (Å²) >= 11 is 0. The van der Waals surface area contributed by atoms with E-state index < -0.39 is 12.2 Å². The molecule has 0 radical (unpaired) electrons. The van der Waals surface area contributed by atoms with Crippen molar-refractivity contribution in [1.29, 1.82) is 0 Å². The lowest BCUT2D eigenvalue weighted by molar-refractivity contribution is 0.181. The second-order valence-electron chi connectivity index (χ2n) is 3.38.